The van der Waals surface area contributed by atoms with Gasteiger partial charge < -0.3 is 10.1 Å². The molecular formula is C16H20N2O2. The molecule has 1 fully saturated rings. The van der Waals surface area contributed by atoms with Gasteiger partial charge in [0.2, 0.25) is 0 Å². The molecule has 106 valence electrons. The monoisotopic (exact) mass is 272 g/mol. The lowest BCUT2D eigenvalue weighted by Gasteiger charge is -2.36. The van der Waals surface area contributed by atoms with Gasteiger partial charge in [0, 0.05) is 0 Å². The van der Waals surface area contributed by atoms with Crippen LogP contribution in [0, 0.1) is 17.2 Å². The summed E-state index contributed by atoms with van der Waals surface area (Å²) in [5.41, 5.74) is 0.164. The van der Waals surface area contributed by atoms with Crippen molar-refractivity contribution in [3.63, 3.8) is 0 Å². The number of nitrogens with zero attached hydrogens (tertiary/aromatic N) is 1. The Hall–Kier alpha value is -2.02. The van der Waals surface area contributed by atoms with Crippen molar-refractivity contribution >= 4 is 6.09 Å². The fourth-order valence-electron chi connectivity index (χ4n) is 2.67. The Kier molecular flexibility index (Phi) is 4.62. The summed E-state index contributed by atoms with van der Waals surface area (Å²) in [7, 11) is 0. The SMILES string of the molecule is C[C@@H]1CCCC[C@]1(C#N)NC(=O)OCc1ccccc1. The summed E-state index contributed by atoms with van der Waals surface area (Å²) in [6.45, 7) is 2.24. The Morgan fingerprint density at radius 1 is 1.45 bits per heavy atom. The zero-order chi connectivity index (χ0) is 14.4. The van der Waals surface area contributed by atoms with Gasteiger partial charge in [-0.1, -0.05) is 50.1 Å². The van der Waals surface area contributed by atoms with Crippen LogP contribution in [0.5, 0.6) is 0 Å². The van der Waals surface area contributed by atoms with Gasteiger partial charge in [-0.3, -0.25) is 0 Å². The Bertz CT molecular complexity index is 495. The molecule has 0 heterocycles. The molecule has 0 radical (unpaired) electrons. The van der Waals surface area contributed by atoms with Gasteiger partial charge in [-0.2, -0.15) is 5.26 Å². The van der Waals surface area contributed by atoms with Crippen LogP contribution >= 0.6 is 0 Å². The van der Waals surface area contributed by atoms with Crippen LogP contribution in [0.4, 0.5) is 4.79 Å². The number of ether oxygens (including phenoxy) is 1. The number of nitrogens with one attached hydrogen (secondary N) is 1. The van der Waals surface area contributed by atoms with Crippen LogP contribution in [0.1, 0.15) is 38.2 Å². The van der Waals surface area contributed by atoms with Crippen molar-refractivity contribution in [3.8, 4) is 6.07 Å². The molecule has 1 amide bonds. The number of hydrogen-bond acceptors (Lipinski definition) is 3. The van der Waals surface area contributed by atoms with Crippen molar-refractivity contribution in [1.82, 2.24) is 5.32 Å². The lowest BCUT2D eigenvalue weighted by atomic mass is 9.75. The number of nitriles is 1. The number of carbonyl (C=O) groups is 1. The zero-order valence-corrected chi connectivity index (χ0v) is 11.8. The van der Waals surface area contributed by atoms with E-state index in [0.29, 0.717) is 6.42 Å². The van der Waals surface area contributed by atoms with Crippen LogP contribution < -0.4 is 5.32 Å². The topological polar surface area (TPSA) is 62.1 Å². The molecule has 0 aromatic heterocycles. The summed E-state index contributed by atoms with van der Waals surface area (Å²) < 4.78 is 5.20. The van der Waals surface area contributed by atoms with Gasteiger partial charge in [0.25, 0.3) is 0 Å². The first-order valence-electron chi connectivity index (χ1n) is 7.06. The molecule has 2 rings (SSSR count). The summed E-state index contributed by atoms with van der Waals surface area (Å²) in [5.74, 6) is 0.158. The normalized spacial score (nSPS) is 25.5. The molecule has 20 heavy (non-hydrogen) atoms. The van der Waals surface area contributed by atoms with Crippen LogP contribution in [-0.2, 0) is 11.3 Å². The Balaban J connectivity index is 1.91. The Morgan fingerprint density at radius 3 is 2.85 bits per heavy atom. The van der Waals surface area contributed by atoms with Crippen molar-refractivity contribution in [1.29, 1.82) is 5.26 Å². The number of alkyl carbamates (subject to hydrolysis) is 1. The van der Waals surface area contributed by atoms with E-state index in [4.69, 9.17) is 4.74 Å². The first kappa shape index (κ1) is 14.4. The minimum absolute atomic E-state index is 0.158. The molecule has 0 aliphatic heterocycles. The lowest BCUT2D eigenvalue weighted by Crippen LogP contribution is -2.53. The van der Waals surface area contributed by atoms with Gasteiger partial charge in [0.15, 0.2) is 0 Å². The lowest BCUT2D eigenvalue weighted by molar-refractivity contribution is 0.116. The molecule has 0 saturated heterocycles. The van der Waals surface area contributed by atoms with Crippen molar-refractivity contribution in [2.75, 3.05) is 0 Å². The van der Waals surface area contributed by atoms with Crippen LogP contribution in [0.2, 0.25) is 0 Å². The predicted molar refractivity (Wildman–Crippen MR) is 75.7 cm³/mol. The standard InChI is InChI=1S/C16H20N2O2/c1-13-7-5-6-10-16(13,12-17)18-15(19)20-11-14-8-3-2-4-9-14/h2-4,8-9,13H,5-7,10-11H2,1H3,(H,18,19)/t13-,16-/m1/s1. The minimum Gasteiger partial charge on any atom is -0.445 e. The molecule has 1 N–H and O–H groups in total. The number of benzene rings is 1. The van der Waals surface area contributed by atoms with Gasteiger partial charge in [-0.05, 0) is 24.3 Å². The summed E-state index contributed by atoms with van der Waals surface area (Å²) in [5, 5.41) is 12.2. The molecular weight excluding hydrogens is 252 g/mol. The predicted octanol–water partition coefficient (Wildman–Crippen LogP) is 3.39. The van der Waals surface area contributed by atoms with E-state index in [0.717, 1.165) is 24.8 Å². The van der Waals surface area contributed by atoms with E-state index in [1.165, 1.54) is 0 Å². The fourth-order valence-corrected chi connectivity index (χ4v) is 2.67. The summed E-state index contributed by atoms with van der Waals surface area (Å²) in [4.78, 5) is 11.9. The van der Waals surface area contributed by atoms with Crippen molar-refractivity contribution in [2.45, 2.75) is 44.8 Å². The van der Waals surface area contributed by atoms with Gasteiger partial charge in [-0.15, -0.1) is 0 Å². The average molecular weight is 272 g/mol. The van der Waals surface area contributed by atoms with Gasteiger partial charge in [0.1, 0.15) is 12.1 Å². The van der Waals surface area contributed by atoms with E-state index in [9.17, 15) is 10.1 Å². The third-order valence-electron chi connectivity index (χ3n) is 4.04. The Morgan fingerprint density at radius 2 is 2.20 bits per heavy atom. The highest BCUT2D eigenvalue weighted by Gasteiger charge is 2.40. The van der Waals surface area contributed by atoms with Crippen LogP contribution in [0.25, 0.3) is 0 Å². The second-order valence-electron chi connectivity index (χ2n) is 5.42. The fraction of sp³-hybridized carbons (Fsp3) is 0.500. The van der Waals surface area contributed by atoms with E-state index in [-0.39, 0.29) is 12.5 Å². The Labute approximate surface area is 119 Å². The summed E-state index contributed by atoms with van der Waals surface area (Å²) in [6.07, 6.45) is 3.24. The molecule has 1 aliphatic rings. The largest absolute Gasteiger partial charge is 0.445 e. The van der Waals surface area contributed by atoms with Gasteiger partial charge in [-0.25, -0.2) is 4.79 Å². The summed E-state index contributed by atoms with van der Waals surface area (Å²) >= 11 is 0. The number of carbonyl (C=O) groups excluding carboxylic acids is 1. The first-order chi connectivity index (χ1) is 9.66. The van der Waals surface area contributed by atoms with Gasteiger partial charge in [0.05, 0.1) is 6.07 Å². The third-order valence-corrected chi connectivity index (χ3v) is 4.04. The molecule has 2 atom stereocenters. The number of amides is 1. The zero-order valence-electron chi connectivity index (χ0n) is 11.8. The number of rotatable bonds is 3. The second kappa shape index (κ2) is 6.42. The van der Waals surface area contributed by atoms with Crippen molar-refractivity contribution in [3.05, 3.63) is 35.9 Å². The number of hydrogen-bond donors (Lipinski definition) is 1. The first-order valence-corrected chi connectivity index (χ1v) is 7.06. The minimum atomic E-state index is -0.772. The molecule has 1 aliphatic carbocycles. The van der Waals surface area contributed by atoms with Crippen LogP contribution in [0.3, 0.4) is 0 Å². The molecule has 1 aromatic rings. The maximum Gasteiger partial charge on any atom is 0.408 e. The van der Waals surface area contributed by atoms with E-state index in [1.807, 2.05) is 37.3 Å². The second-order valence-corrected chi connectivity index (χ2v) is 5.42. The van der Waals surface area contributed by atoms with Gasteiger partial charge >= 0.3 is 6.09 Å². The van der Waals surface area contributed by atoms with Crippen molar-refractivity contribution in [2.24, 2.45) is 5.92 Å². The van der Waals surface area contributed by atoms with E-state index in [1.54, 1.807) is 0 Å². The van der Waals surface area contributed by atoms with Crippen LogP contribution in [-0.4, -0.2) is 11.6 Å². The van der Waals surface area contributed by atoms with E-state index >= 15 is 0 Å². The highest BCUT2D eigenvalue weighted by Crippen LogP contribution is 2.33. The van der Waals surface area contributed by atoms with E-state index < -0.39 is 11.6 Å². The third kappa shape index (κ3) is 3.30. The molecule has 1 aromatic carbocycles. The van der Waals surface area contributed by atoms with Crippen LogP contribution in [0.15, 0.2) is 30.3 Å². The molecule has 4 nitrogen and oxygen atoms in total. The molecule has 0 bridgehead atoms. The maximum atomic E-state index is 11.9. The summed E-state index contributed by atoms with van der Waals surface area (Å²) in [6, 6.07) is 11.8. The molecule has 1 saturated carbocycles. The molecule has 0 spiro atoms. The molecule has 0 unspecified atom stereocenters. The highest BCUT2D eigenvalue weighted by molar-refractivity contribution is 5.69. The average Bonchev–Trinajstić information content (AvgIpc) is 2.49. The smallest absolute Gasteiger partial charge is 0.408 e. The van der Waals surface area contributed by atoms with E-state index in [2.05, 4.69) is 11.4 Å². The quantitative estimate of drug-likeness (QED) is 0.917. The molecule has 4 heteroatoms. The van der Waals surface area contributed by atoms with Crippen molar-refractivity contribution < 1.29 is 9.53 Å². The highest BCUT2D eigenvalue weighted by atomic mass is 16.5. The maximum absolute atomic E-state index is 11.9.